The molecule has 2 aromatic carbocycles. The van der Waals surface area contributed by atoms with Gasteiger partial charge in [0.1, 0.15) is 11.4 Å². The molecule has 1 N–H and O–H groups in total. The fraction of sp³-hybridized carbons (Fsp3) is 0.458. The highest BCUT2D eigenvalue weighted by Crippen LogP contribution is 2.36. The van der Waals surface area contributed by atoms with Crippen LogP contribution in [0.15, 0.2) is 48.5 Å². The first-order valence-electron chi connectivity index (χ1n) is 10.1. The third kappa shape index (κ3) is 6.13. The van der Waals surface area contributed by atoms with Gasteiger partial charge in [-0.2, -0.15) is 0 Å². The molecular weight excluding hydrogens is 336 g/mol. The van der Waals surface area contributed by atoms with Crippen LogP contribution in [0.25, 0.3) is 0 Å². The summed E-state index contributed by atoms with van der Waals surface area (Å²) < 4.78 is 5.77. The van der Waals surface area contributed by atoms with Crippen molar-refractivity contribution in [2.24, 2.45) is 0 Å². The van der Waals surface area contributed by atoms with Crippen LogP contribution in [-0.2, 0) is 17.6 Å². The number of hydrogen-bond donors (Lipinski definition) is 1. The first-order chi connectivity index (χ1) is 13.0. The fourth-order valence-electron chi connectivity index (χ4n) is 3.41. The molecule has 2 aromatic rings. The third-order valence-electron chi connectivity index (χ3n) is 5.41. The van der Waals surface area contributed by atoms with Crippen molar-refractivity contribution in [3.05, 3.63) is 65.2 Å². The maximum absolute atomic E-state index is 12.1. The number of benzene rings is 2. The Morgan fingerprint density at radius 2 is 1.37 bits per heavy atom. The van der Waals surface area contributed by atoms with Crippen molar-refractivity contribution >= 4 is 5.97 Å². The number of phenols is 1. The van der Waals surface area contributed by atoms with Crippen molar-refractivity contribution in [1.82, 2.24) is 0 Å². The van der Waals surface area contributed by atoms with E-state index in [9.17, 15) is 4.79 Å². The Hall–Kier alpha value is -2.29. The second-order valence-corrected chi connectivity index (χ2v) is 7.20. The van der Waals surface area contributed by atoms with Gasteiger partial charge in [-0.25, -0.2) is 4.79 Å². The predicted molar refractivity (Wildman–Crippen MR) is 110 cm³/mol. The van der Waals surface area contributed by atoms with Crippen molar-refractivity contribution < 1.29 is 14.6 Å². The molecule has 0 spiro atoms. The van der Waals surface area contributed by atoms with E-state index in [1.807, 2.05) is 36.4 Å². The highest BCUT2D eigenvalue weighted by Gasteiger charge is 2.36. The molecule has 1 fully saturated rings. The second kappa shape index (κ2) is 10.1. The summed E-state index contributed by atoms with van der Waals surface area (Å²) >= 11 is 0. The molecule has 0 unspecified atom stereocenters. The lowest BCUT2D eigenvalue weighted by atomic mass is 9.98. The first kappa shape index (κ1) is 21.0. The van der Waals surface area contributed by atoms with Crippen molar-refractivity contribution in [3.8, 4) is 5.75 Å². The van der Waals surface area contributed by atoms with Gasteiger partial charge in [-0.1, -0.05) is 45.0 Å². The zero-order valence-electron chi connectivity index (χ0n) is 16.8. The molecule has 0 heterocycles. The fourth-order valence-corrected chi connectivity index (χ4v) is 3.41. The topological polar surface area (TPSA) is 46.5 Å². The van der Waals surface area contributed by atoms with Gasteiger partial charge in [-0.15, -0.1) is 0 Å². The largest absolute Gasteiger partial charge is 0.508 e. The van der Waals surface area contributed by atoms with E-state index >= 15 is 0 Å². The Morgan fingerprint density at radius 1 is 0.889 bits per heavy atom. The summed E-state index contributed by atoms with van der Waals surface area (Å²) in [5.41, 5.74) is 2.98. The van der Waals surface area contributed by atoms with Crippen LogP contribution >= 0.6 is 0 Å². The Bertz CT molecular complexity index is 695. The molecule has 27 heavy (non-hydrogen) atoms. The minimum Gasteiger partial charge on any atom is -0.508 e. The maximum Gasteiger partial charge on any atom is 0.338 e. The van der Waals surface area contributed by atoms with Gasteiger partial charge in [0, 0.05) is 0 Å². The summed E-state index contributed by atoms with van der Waals surface area (Å²) in [4.78, 5) is 12.1. The molecule has 0 aromatic heterocycles. The van der Waals surface area contributed by atoms with Crippen LogP contribution in [-0.4, -0.2) is 16.7 Å². The molecular formula is C24H32O3. The molecule has 3 heteroatoms. The molecule has 3 rings (SSSR count). The number of aryl methyl sites for hydroxylation is 2. The maximum atomic E-state index is 12.1. The van der Waals surface area contributed by atoms with Crippen LogP contribution in [0.5, 0.6) is 5.75 Å². The van der Waals surface area contributed by atoms with Gasteiger partial charge < -0.3 is 9.84 Å². The van der Waals surface area contributed by atoms with Crippen molar-refractivity contribution in [3.63, 3.8) is 0 Å². The number of rotatable bonds is 5. The van der Waals surface area contributed by atoms with E-state index < -0.39 is 0 Å². The second-order valence-electron chi connectivity index (χ2n) is 7.20. The lowest BCUT2D eigenvalue weighted by Gasteiger charge is -2.27. The van der Waals surface area contributed by atoms with Crippen molar-refractivity contribution in [2.45, 2.75) is 71.3 Å². The highest BCUT2D eigenvalue weighted by atomic mass is 16.6. The van der Waals surface area contributed by atoms with Crippen LogP contribution in [0, 0.1) is 0 Å². The van der Waals surface area contributed by atoms with Gasteiger partial charge in [0.05, 0.1) is 5.56 Å². The van der Waals surface area contributed by atoms with Gasteiger partial charge in [-0.05, 0) is 80.3 Å². The van der Waals surface area contributed by atoms with E-state index in [1.165, 1.54) is 24.0 Å². The predicted octanol–water partition coefficient (Wildman–Crippen LogP) is 6.08. The lowest BCUT2D eigenvalue weighted by Crippen LogP contribution is -2.31. The molecule has 1 aliphatic rings. The molecule has 0 atom stereocenters. The number of phenolic OH excluding ortho intramolecular Hbond substituents is 1. The Kier molecular flexibility index (Phi) is 7.90. The van der Waals surface area contributed by atoms with Crippen molar-refractivity contribution in [2.75, 3.05) is 0 Å². The van der Waals surface area contributed by atoms with Crippen molar-refractivity contribution in [1.29, 1.82) is 0 Å². The summed E-state index contributed by atoms with van der Waals surface area (Å²) in [6, 6.07) is 15.0. The SMILES string of the molecule is CCc1ccc(C(=O)OC2(CC)CCCC2)cc1.CCc1ccc(O)cc1. The van der Waals surface area contributed by atoms with Gasteiger partial charge >= 0.3 is 5.97 Å². The number of carbonyl (C=O) groups is 1. The highest BCUT2D eigenvalue weighted by molar-refractivity contribution is 5.89. The van der Waals surface area contributed by atoms with E-state index in [0.717, 1.165) is 32.1 Å². The molecule has 3 nitrogen and oxygen atoms in total. The van der Waals surface area contributed by atoms with Crippen LogP contribution in [0.1, 0.15) is 74.4 Å². The van der Waals surface area contributed by atoms with E-state index in [-0.39, 0.29) is 11.6 Å². The Balaban J connectivity index is 0.000000244. The summed E-state index contributed by atoms with van der Waals surface area (Å²) in [5.74, 6) is 0.175. The smallest absolute Gasteiger partial charge is 0.338 e. The first-order valence-corrected chi connectivity index (χ1v) is 10.1. The minimum atomic E-state index is -0.194. The molecule has 0 aliphatic heterocycles. The summed E-state index contributed by atoms with van der Waals surface area (Å²) in [7, 11) is 0. The molecule has 1 saturated carbocycles. The molecule has 1 aliphatic carbocycles. The van der Waals surface area contributed by atoms with Gasteiger partial charge in [0.2, 0.25) is 0 Å². The van der Waals surface area contributed by atoms with E-state index in [1.54, 1.807) is 12.1 Å². The summed E-state index contributed by atoms with van der Waals surface area (Å²) in [5, 5.41) is 8.85. The number of ether oxygens (including phenoxy) is 1. The number of aromatic hydroxyl groups is 1. The molecule has 0 saturated heterocycles. The van der Waals surface area contributed by atoms with Gasteiger partial charge in [-0.3, -0.25) is 0 Å². The minimum absolute atomic E-state index is 0.165. The average Bonchev–Trinajstić information content (AvgIpc) is 3.18. The quantitative estimate of drug-likeness (QED) is 0.650. The zero-order chi connectivity index (χ0) is 19.7. The van der Waals surface area contributed by atoms with Gasteiger partial charge in [0.25, 0.3) is 0 Å². The molecule has 146 valence electrons. The van der Waals surface area contributed by atoms with Crippen LogP contribution < -0.4 is 0 Å². The van der Waals surface area contributed by atoms with Gasteiger partial charge in [0.15, 0.2) is 0 Å². The molecule has 0 bridgehead atoms. The Labute approximate surface area is 163 Å². The number of hydrogen-bond acceptors (Lipinski definition) is 3. The third-order valence-corrected chi connectivity index (χ3v) is 5.41. The zero-order valence-corrected chi connectivity index (χ0v) is 16.8. The Morgan fingerprint density at radius 3 is 1.81 bits per heavy atom. The lowest BCUT2D eigenvalue weighted by molar-refractivity contribution is -0.0172. The summed E-state index contributed by atoms with van der Waals surface area (Å²) in [6.45, 7) is 6.31. The van der Waals surface area contributed by atoms with Crippen LogP contribution in [0.2, 0.25) is 0 Å². The average molecular weight is 369 g/mol. The molecule has 0 amide bonds. The van der Waals surface area contributed by atoms with Crippen LogP contribution in [0.3, 0.4) is 0 Å². The summed E-state index contributed by atoms with van der Waals surface area (Å²) in [6.07, 6.45) is 7.33. The van der Waals surface area contributed by atoms with E-state index in [0.29, 0.717) is 11.3 Å². The van der Waals surface area contributed by atoms with E-state index in [4.69, 9.17) is 9.84 Å². The molecule has 0 radical (unpaired) electrons. The standard InChI is InChI=1S/C16H22O2.C8H10O/c1-3-13-7-9-14(10-8-13)15(17)18-16(4-2)11-5-6-12-16;1-2-7-3-5-8(9)6-4-7/h7-10H,3-6,11-12H2,1-2H3;3-6,9H,2H2,1H3. The van der Waals surface area contributed by atoms with Crippen LogP contribution in [0.4, 0.5) is 0 Å². The number of carbonyl (C=O) groups excluding carboxylic acids is 1. The number of esters is 1. The monoisotopic (exact) mass is 368 g/mol. The van der Waals surface area contributed by atoms with E-state index in [2.05, 4.69) is 20.8 Å². The normalized spacial score (nSPS) is 14.9.